The highest BCUT2D eigenvalue weighted by Crippen LogP contribution is 2.11. The van der Waals surface area contributed by atoms with E-state index in [0.29, 0.717) is 16.7 Å². The van der Waals surface area contributed by atoms with Gasteiger partial charge in [0.2, 0.25) is 0 Å². The molecule has 0 saturated carbocycles. The monoisotopic (exact) mass is 265 g/mol. The predicted octanol–water partition coefficient (Wildman–Crippen LogP) is 2.05. The molecule has 2 aromatic heterocycles. The van der Waals surface area contributed by atoms with Gasteiger partial charge in [0.1, 0.15) is 11.6 Å². The van der Waals surface area contributed by atoms with Gasteiger partial charge in [-0.25, -0.2) is 9.97 Å². The summed E-state index contributed by atoms with van der Waals surface area (Å²) >= 11 is 5.52. The third-order valence-electron chi connectivity index (χ3n) is 2.02. The summed E-state index contributed by atoms with van der Waals surface area (Å²) in [6, 6.07) is 7.02. The van der Waals surface area contributed by atoms with E-state index in [-0.39, 0.29) is 0 Å². The first-order valence-electron chi connectivity index (χ1n) is 5.25. The molecule has 2 aromatic rings. The van der Waals surface area contributed by atoms with Crippen LogP contribution >= 0.6 is 11.6 Å². The highest BCUT2D eigenvalue weighted by atomic mass is 35.5. The van der Waals surface area contributed by atoms with Crippen molar-refractivity contribution >= 4 is 28.9 Å². The number of hydrogen-bond donors (Lipinski definition) is 2. The fourth-order valence-corrected chi connectivity index (χ4v) is 1.30. The molecule has 0 unspecified atom stereocenters. The summed E-state index contributed by atoms with van der Waals surface area (Å²) in [5, 5.41) is 0.623. The van der Waals surface area contributed by atoms with Crippen LogP contribution in [0.4, 0.5) is 17.3 Å². The number of anilines is 3. The molecule has 4 N–H and O–H groups in total. The molecule has 0 amide bonds. The Hall–Kier alpha value is -2.01. The summed E-state index contributed by atoms with van der Waals surface area (Å²) in [5.41, 5.74) is 11.8. The molecule has 0 radical (unpaired) electrons. The second kappa shape index (κ2) is 6.66. The quantitative estimate of drug-likeness (QED) is 0.825. The maximum atomic E-state index is 5.52. The van der Waals surface area contributed by atoms with E-state index in [0.717, 1.165) is 5.69 Å². The van der Waals surface area contributed by atoms with Crippen LogP contribution in [0.5, 0.6) is 0 Å². The summed E-state index contributed by atoms with van der Waals surface area (Å²) in [5.74, 6) is 1.02. The molecule has 0 aromatic carbocycles. The first-order chi connectivity index (χ1) is 8.49. The summed E-state index contributed by atoms with van der Waals surface area (Å²) in [4.78, 5) is 9.59. The zero-order chi connectivity index (χ0) is 13.5. The van der Waals surface area contributed by atoms with Crippen molar-refractivity contribution in [2.24, 2.45) is 0 Å². The Balaban J connectivity index is 0.000000184. The number of halogens is 1. The van der Waals surface area contributed by atoms with Crippen molar-refractivity contribution < 1.29 is 0 Å². The van der Waals surface area contributed by atoms with E-state index in [4.69, 9.17) is 23.1 Å². The summed E-state index contributed by atoms with van der Waals surface area (Å²) in [6.45, 7) is 0. The molecule has 2 heterocycles. The van der Waals surface area contributed by atoms with Crippen molar-refractivity contribution in [1.29, 1.82) is 0 Å². The van der Waals surface area contributed by atoms with E-state index in [9.17, 15) is 0 Å². The van der Waals surface area contributed by atoms with Gasteiger partial charge in [-0.3, -0.25) is 0 Å². The number of nitrogen functional groups attached to an aromatic ring is 2. The minimum Gasteiger partial charge on any atom is -0.384 e. The maximum absolute atomic E-state index is 5.52. The predicted molar refractivity (Wildman–Crippen MR) is 76.6 cm³/mol. The zero-order valence-electron chi connectivity index (χ0n) is 10.3. The van der Waals surface area contributed by atoms with Gasteiger partial charge in [0.15, 0.2) is 0 Å². The molecule has 96 valence electrons. The van der Waals surface area contributed by atoms with Gasteiger partial charge in [-0.15, -0.1) is 0 Å². The Labute approximate surface area is 111 Å². The van der Waals surface area contributed by atoms with Crippen molar-refractivity contribution in [1.82, 2.24) is 9.97 Å². The summed E-state index contributed by atoms with van der Waals surface area (Å²) < 4.78 is 0. The topological polar surface area (TPSA) is 81.1 Å². The Bertz CT molecular complexity index is 484. The molecule has 2 rings (SSSR count). The largest absolute Gasteiger partial charge is 0.384 e. The first kappa shape index (κ1) is 14.1. The molecule has 0 aliphatic rings. The number of aromatic nitrogens is 2. The lowest BCUT2D eigenvalue weighted by Gasteiger charge is -2.11. The highest BCUT2D eigenvalue weighted by molar-refractivity contribution is 6.30. The van der Waals surface area contributed by atoms with Crippen molar-refractivity contribution in [3.05, 3.63) is 41.7 Å². The molecule has 0 fully saturated rings. The van der Waals surface area contributed by atoms with Crippen LogP contribution in [0.1, 0.15) is 0 Å². The number of nitrogens with zero attached hydrogens (tertiary/aromatic N) is 3. The molecule has 0 bridgehead atoms. The van der Waals surface area contributed by atoms with Gasteiger partial charge in [0, 0.05) is 43.3 Å². The number of nitrogens with two attached hydrogens (primary N) is 2. The average molecular weight is 266 g/mol. The summed E-state index contributed by atoms with van der Waals surface area (Å²) in [6.07, 6.45) is 3.27. The first-order valence-corrected chi connectivity index (χ1v) is 5.62. The minimum absolute atomic E-state index is 0.456. The fourth-order valence-electron chi connectivity index (χ4n) is 1.14. The number of rotatable bonds is 1. The molecule has 0 spiro atoms. The minimum atomic E-state index is 0.456. The number of hydrogen-bond acceptors (Lipinski definition) is 5. The molecular weight excluding hydrogens is 250 g/mol. The van der Waals surface area contributed by atoms with Gasteiger partial charge in [0.05, 0.1) is 0 Å². The van der Waals surface area contributed by atoms with Crippen LogP contribution < -0.4 is 16.4 Å². The molecule has 0 atom stereocenters. The van der Waals surface area contributed by atoms with Gasteiger partial charge in [-0.2, -0.15) is 0 Å². The second-order valence-corrected chi connectivity index (χ2v) is 4.17. The van der Waals surface area contributed by atoms with Gasteiger partial charge in [0.25, 0.3) is 0 Å². The van der Waals surface area contributed by atoms with Crippen LogP contribution in [-0.2, 0) is 0 Å². The van der Waals surface area contributed by atoms with E-state index in [1.165, 1.54) is 0 Å². The standard InChI is InChI=1S/C7H11N3.C5H5ClN2/c1-10(2)6-3-4-9-7(8)5-6;6-4-1-2-8-5(7)3-4/h3-5H,1-2H3,(H2,8,9);1-3H,(H2,7,8). The number of pyridine rings is 2. The van der Waals surface area contributed by atoms with Gasteiger partial charge < -0.3 is 16.4 Å². The fraction of sp³-hybridized carbons (Fsp3) is 0.167. The molecule has 6 heteroatoms. The van der Waals surface area contributed by atoms with Crippen LogP contribution in [0.25, 0.3) is 0 Å². The maximum Gasteiger partial charge on any atom is 0.125 e. The third-order valence-corrected chi connectivity index (χ3v) is 2.26. The van der Waals surface area contributed by atoms with E-state index in [1.807, 2.05) is 31.1 Å². The lowest BCUT2D eigenvalue weighted by Crippen LogP contribution is -2.08. The van der Waals surface area contributed by atoms with E-state index in [2.05, 4.69) is 9.97 Å². The lowest BCUT2D eigenvalue weighted by molar-refractivity contribution is 1.12. The Kier molecular flexibility index (Phi) is 5.20. The lowest BCUT2D eigenvalue weighted by atomic mass is 10.4. The average Bonchev–Trinajstić information content (AvgIpc) is 2.29. The smallest absolute Gasteiger partial charge is 0.125 e. The van der Waals surface area contributed by atoms with E-state index in [1.54, 1.807) is 24.5 Å². The van der Waals surface area contributed by atoms with E-state index < -0.39 is 0 Å². The van der Waals surface area contributed by atoms with Gasteiger partial charge >= 0.3 is 0 Å². The third kappa shape index (κ3) is 4.88. The molecular formula is C12H16ClN5. The molecule has 0 aliphatic carbocycles. The van der Waals surface area contributed by atoms with Crippen molar-refractivity contribution in [2.45, 2.75) is 0 Å². The van der Waals surface area contributed by atoms with Crippen molar-refractivity contribution in [3.8, 4) is 0 Å². The summed E-state index contributed by atoms with van der Waals surface area (Å²) in [7, 11) is 3.93. The van der Waals surface area contributed by atoms with Crippen LogP contribution in [0.2, 0.25) is 5.02 Å². The van der Waals surface area contributed by atoms with Crippen molar-refractivity contribution in [2.75, 3.05) is 30.5 Å². The van der Waals surface area contributed by atoms with Crippen LogP contribution in [-0.4, -0.2) is 24.1 Å². The van der Waals surface area contributed by atoms with Crippen LogP contribution in [0.3, 0.4) is 0 Å². The molecule has 0 saturated heterocycles. The molecule has 0 aliphatic heterocycles. The normalized spacial score (nSPS) is 9.28. The zero-order valence-corrected chi connectivity index (χ0v) is 11.1. The van der Waals surface area contributed by atoms with Crippen LogP contribution in [0, 0.1) is 0 Å². The highest BCUT2D eigenvalue weighted by Gasteiger charge is 1.93. The second-order valence-electron chi connectivity index (χ2n) is 3.73. The molecule has 18 heavy (non-hydrogen) atoms. The van der Waals surface area contributed by atoms with E-state index >= 15 is 0 Å². The Morgan fingerprint density at radius 2 is 1.56 bits per heavy atom. The molecule has 5 nitrogen and oxygen atoms in total. The Morgan fingerprint density at radius 3 is 1.89 bits per heavy atom. The SMILES string of the molecule is CN(C)c1ccnc(N)c1.Nc1cc(Cl)ccn1. The van der Waals surface area contributed by atoms with Crippen molar-refractivity contribution in [3.63, 3.8) is 0 Å². The Morgan fingerprint density at radius 1 is 1.00 bits per heavy atom. The van der Waals surface area contributed by atoms with Gasteiger partial charge in [-0.05, 0) is 18.2 Å². The van der Waals surface area contributed by atoms with Gasteiger partial charge in [-0.1, -0.05) is 11.6 Å². The van der Waals surface area contributed by atoms with Crippen LogP contribution in [0.15, 0.2) is 36.7 Å².